The lowest BCUT2D eigenvalue weighted by atomic mass is 10.1. The third-order valence-electron chi connectivity index (χ3n) is 5.17. The second kappa shape index (κ2) is 8.47. The highest BCUT2D eigenvalue weighted by Crippen LogP contribution is 2.32. The molecule has 6 nitrogen and oxygen atoms in total. The van der Waals surface area contributed by atoms with E-state index in [9.17, 15) is 9.18 Å². The lowest BCUT2D eigenvalue weighted by Crippen LogP contribution is -2.40. The first-order valence-corrected chi connectivity index (χ1v) is 10.8. The number of nitrogens with zero attached hydrogens (tertiary/aromatic N) is 4. The van der Waals surface area contributed by atoms with Crippen LogP contribution in [0.4, 0.5) is 10.2 Å². The first-order chi connectivity index (χ1) is 14.4. The van der Waals surface area contributed by atoms with Crippen LogP contribution >= 0.6 is 11.3 Å². The van der Waals surface area contributed by atoms with Crippen molar-refractivity contribution in [3.05, 3.63) is 58.4 Å². The van der Waals surface area contributed by atoms with Crippen molar-refractivity contribution in [1.82, 2.24) is 19.9 Å². The van der Waals surface area contributed by atoms with E-state index in [1.54, 1.807) is 12.1 Å². The molecular weight excluding hydrogens is 401 g/mol. The first kappa shape index (κ1) is 20.4. The van der Waals surface area contributed by atoms with E-state index in [-0.39, 0.29) is 17.8 Å². The Morgan fingerprint density at radius 3 is 2.70 bits per heavy atom. The number of anilines is 1. The molecule has 30 heavy (non-hydrogen) atoms. The fraction of sp³-hybridized carbons (Fsp3) is 0.364. The van der Waals surface area contributed by atoms with Gasteiger partial charge in [0, 0.05) is 30.9 Å². The maximum atomic E-state index is 13.4. The summed E-state index contributed by atoms with van der Waals surface area (Å²) >= 11 is 1.46. The van der Waals surface area contributed by atoms with Crippen LogP contribution in [-0.2, 0) is 0 Å². The zero-order valence-electron chi connectivity index (χ0n) is 17.3. The van der Waals surface area contributed by atoms with Gasteiger partial charge >= 0.3 is 0 Å². The quantitative estimate of drug-likeness (QED) is 0.657. The van der Waals surface area contributed by atoms with Crippen molar-refractivity contribution in [2.45, 2.75) is 39.7 Å². The molecular formula is C22H24FN5OS. The van der Waals surface area contributed by atoms with Crippen LogP contribution in [0.5, 0.6) is 0 Å². The molecule has 0 aliphatic carbocycles. The van der Waals surface area contributed by atoms with E-state index in [0.29, 0.717) is 18.8 Å². The fourth-order valence-electron chi connectivity index (χ4n) is 3.85. The number of halogens is 1. The Hall–Kier alpha value is -2.87. The van der Waals surface area contributed by atoms with Crippen molar-refractivity contribution in [2.24, 2.45) is 0 Å². The molecule has 1 aromatic carbocycles. The molecule has 0 spiro atoms. The van der Waals surface area contributed by atoms with Gasteiger partial charge < -0.3 is 10.2 Å². The third kappa shape index (κ3) is 4.33. The van der Waals surface area contributed by atoms with Gasteiger partial charge in [0.2, 0.25) is 0 Å². The normalized spacial score (nSPS) is 16.1. The number of hydrogen-bond acceptors (Lipinski definition) is 6. The summed E-state index contributed by atoms with van der Waals surface area (Å²) < 4.78 is 13.3. The average molecular weight is 426 g/mol. The molecule has 1 fully saturated rings. The molecule has 8 heteroatoms. The van der Waals surface area contributed by atoms with Crippen LogP contribution in [0.25, 0.3) is 10.4 Å². The molecule has 3 aromatic rings. The van der Waals surface area contributed by atoms with Gasteiger partial charge in [0.25, 0.3) is 5.91 Å². The van der Waals surface area contributed by atoms with Crippen molar-refractivity contribution in [1.29, 1.82) is 0 Å². The topological polar surface area (TPSA) is 71.0 Å². The van der Waals surface area contributed by atoms with E-state index in [2.05, 4.69) is 20.3 Å². The summed E-state index contributed by atoms with van der Waals surface area (Å²) in [5.74, 6) is 1.13. The van der Waals surface area contributed by atoms with E-state index >= 15 is 0 Å². The summed E-state index contributed by atoms with van der Waals surface area (Å²) in [7, 11) is 0. The lowest BCUT2D eigenvalue weighted by Gasteiger charge is -2.25. The molecule has 2 aromatic heterocycles. The fourth-order valence-corrected chi connectivity index (χ4v) is 4.77. The van der Waals surface area contributed by atoms with Crippen LogP contribution in [-0.4, -0.2) is 44.9 Å². The lowest BCUT2D eigenvalue weighted by molar-refractivity contribution is 0.0739. The third-order valence-corrected chi connectivity index (χ3v) is 6.19. The smallest absolute Gasteiger partial charge is 0.274 e. The van der Waals surface area contributed by atoms with Crippen LogP contribution in [0.1, 0.15) is 39.9 Å². The minimum Gasteiger partial charge on any atom is -0.368 e. The van der Waals surface area contributed by atoms with E-state index in [0.717, 1.165) is 45.6 Å². The van der Waals surface area contributed by atoms with Gasteiger partial charge in [-0.25, -0.2) is 19.3 Å². The Bertz CT molecular complexity index is 1050. The van der Waals surface area contributed by atoms with Gasteiger partial charge in [0.05, 0.1) is 9.88 Å². The number of carbonyl (C=O) groups is 1. The number of aryl methyl sites for hydroxylation is 3. The maximum Gasteiger partial charge on any atom is 0.274 e. The standard InChI is InChI=1S/C22H24FN5OS/c1-13-11-19(26-14(2)25-13)24-12-18-5-4-10-28(18)22(29)20-21(30-15(3)27-20)16-6-8-17(23)9-7-16/h6-9,11,18H,4-5,10,12H2,1-3H3,(H,24,25,26)/t18-/m0/s1. The molecule has 1 N–H and O–H groups in total. The van der Waals surface area contributed by atoms with Crippen molar-refractivity contribution in [2.75, 3.05) is 18.4 Å². The summed E-state index contributed by atoms with van der Waals surface area (Å²) in [5, 5.41) is 4.18. The van der Waals surface area contributed by atoms with Crippen LogP contribution in [0.3, 0.4) is 0 Å². The van der Waals surface area contributed by atoms with Gasteiger partial charge in [0.15, 0.2) is 0 Å². The van der Waals surface area contributed by atoms with Crippen molar-refractivity contribution < 1.29 is 9.18 Å². The molecule has 1 aliphatic heterocycles. The molecule has 0 bridgehead atoms. The number of aromatic nitrogens is 3. The van der Waals surface area contributed by atoms with Gasteiger partial charge in [-0.05, 0) is 51.3 Å². The first-order valence-electron chi connectivity index (χ1n) is 10.0. The number of nitrogens with one attached hydrogen (secondary N) is 1. The Labute approximate surface area is 179 Å². The maximum absolute atomic E-state index is 13.4. The van der Waals surface area contributed by atoms with Crippen LogP contribution in [0.15, 0.2) is 30.3 Å². The zero-order valence-corrected chi connectivity index (χ0v) is 18.1. The largest absolute Gasteiger partial charge is 0.368 e. The van der Waals surface area contributed by atoms with Crippen molar-refractivity contribution >= 4 is 23.1 Å². The molecule has 1 amide bonds. The zero-order chi connectivity index (χ0) is 21.3. The highest BCUT2D eigenvalue weighted by Gasteiger charge is 2.32. The summed E-state index contributed by atoms with van der Waals surface area (Å²) in [4.78, 5) is 29.3. The number of rotatable bonds is 5. The number of thiazole rings is 1. The monoisotopic (exact) mass is 425 g/mol. The second-order valence-electron chi connectivity index (χ2n) is 7.53. The number of benzene rings is 1. The predicted molar refractivity (Wildman–Crippen MR) is 116 cm³/mol. The van der Waals surface area contributed by atoms with Crippen molar-refractivity contribution in [3.63, 3.8) is 0 Å². The predicted octanol–water partition coefficient (Wildman–Crippen LogP) is 4.38. The summed E-state index contributed by atoms with van der Waals surface area (Å²) in [5.41, 5.74) is 2.17. The molecule has 1 saturated heterocycles. The summed E-state index contributed by atoms with van der Waals surface area (Å²) in [6, 6.07) is 8.19. The number of likely N-dealkylation sites (tertiary alicyclic amines) is 1. The van der Waals surface area contributed by atoms with Gasteiger partial charge in [-0.15, -0.1) is 11.3 Å². The Morgan fingerprint density at radius 2 is 1.97 bits per heavy atom. The van der Waals surface area contributed by atoms with Gasteiger partial charge in [0.1, 0.15) is 23.2 Å². The number of hydrogen-bond donors (Lipinski definition) is 1. The molecule has 3 heterocycles. The van der Waals surface area contributed by atoms with Gasteiger partial charge in [-0.3, -0.25) is 4.79 Å². The van der Waals surface area contributed by atoms with Crippen LogP contribution < -0.4 is 5.32 Å². The molecule has 0 unspecified atom stereocenters. The average Bonchev–Trinajstić information content (AvgIpc) is 3.32. The van der Waals surface area contributed by atoms with Crippen LogP contribution in [0.2, 0.25) is 0 Å². The Balaban J connectivity index is 1.53. The second-order valence-corrected chi connectivity index (χ2v) is 8.74. The highest BCUT2D eigenvalue weighted by molar-refractivity contribution is 7.15. The van der Waals surface area contributed by atoms with Crippen molar-refractivity contribution in [3.8, 4) is 10.4 Å². The van der Waals surface area contributed by atoms with E-state index in [1.165, 1.54) is 23.5 Å². The Morgan fingerprint density at radius 1 is 1.20 bits per heavy atom. The number of carbonyl (C=O) groups excluding carboxylic acids is 1. The van der Waals surface area contributed by atoms with E-state index in [1.807, 2.05) is 31.7 Å². The Kier molecular flexibility index (Phi) is 5.76. The summed E-state index contributed by atoms with van der Waals surface area (Å²) in [6.45, 7) is 7.01. The molecule has 0 radical (unpaired) electrons. The molecule has 1 aliphatic rings. The molecule has 4 rings (SSSR count). The molecule has 0 saturated carbocycles. The van der Waals surface area contributed by atoms with E-state index < -0.39 is 0 Å². The van der Waals surface area contributed by atoms with Gasteiger partial charge in [-0.1, -0.05) is 12.1 Å². The van der Waals surface area contributed by atoms with Gasteiger partial charge in [-0.2, -0.15) is 0 Å². The number of amides is 1. The minimum atomic E-state index is -0.297. The SMILES string of the molecule is Cc1cc(NC[C@@H]2CCCN2C(=O)c2nc(C)sc2-c2ccc(F)cc2)nc(C)n1. The highest BCUT2D eigenvalue weighted by atomic mass is 32.1. The van der Waals surface area contributed by atoms with Crippen LogP contribution in [0, 0.1) is 26.6 Å². The summed E-state index contributed by atoms with van der Waals surface area (Å²) in [6.07, 6.45) is 1.88. The molecule has 1 atom stereocenters. The van der Waals surface area contributed by atoms with E-state index in [4.69, 9.17) is 0 Å². The minimum absolute atomic E-state index is 0.0659. The molecule has 156 valence electrons.